The third kappa shape index (κ3) is 1.83. The minimum atomic E-state index is -2.17. The van der Waals surface area contributed by atoms with Crippen LogP contribution in [0.15, 0.2) is 24.4 Å². The summed E-state index contributed by atoms with van der Waals surface area (Å²) < 4.78 is 18.0. The predicted octanol–water partition coefficient (Wildman–Crippen LogP) is 1.44. The third-order valence-corrected chi connectivity index (χ3v) is 1.71. The lowest BCUT2D eigenvalue weighted by molar-refractivity contribution is -0.154. The topological polar surface area (TPSA) is 39.2 Å². The van der Waals surface area contributed by atoms with Gasteiger partial charge in [0.2, 0.25) is 5.67 Å². The van der Waals surface area contributed by atoms with E-state index in [1.165, 1.54) is 12.3 Å². The molecule has 70 valence electrons. The van der Waals surface area contributed by atoms with Crippen LogP contribution in [0.5, 0.6) is 0 Å². The maximum Gasteiger partial charge on any atom is 0.349 e. The Hall–Kier alpha value is -1.45. The van der Waals surface area contributed by atoms with Gasteiger partial charge in [0.05, 0.1) is 12.8 Å². The number of methoxy groups -OCH3 is 1. The van der Waals surface area contributed by atoms with Gasteiger partial charge in [-0.1, -0.05) is 6.07 Å². The van der Waals surface area contributed by atoms with Crippen LogP contribution in [0, 0.1) is 0 Å². The van der Waals surface area contributed by atoms with E-state index in [1.54, 1.807) is 12.1 Å². The first-order chi connectivity index (χ1) is 6.09. The van der Waals surface area contributed by atoms with Crippen molar-refractivity contribution in [1.82, 2.24) is 4.98 Å². The highest BCUT2D eigenvalue weighted by atomic mass is 19.1. The maximum atomic E-state index is 13.7. The summed E-state index contributed by atoms with van der Waals surface area (Å²) in [5, 5.41) is 0. The number of hydrogen-bond donors (Lipinski definition) is 0. The van der Waals surface area contributed by atoms with Gasteiger partial charge in [0.25, 0.3) is 0 Å². The predicted molar refractivity (Wildman–Crippen MR) is 44.7 cm³/mol. The molecule has 4 heteroatoms. The Kier molecular flexibility index (Phi) is 2.60. The van der Waals surface area contributed by atoms with Gasteiger partial charge in [-0.25, -0.2) is 9.18 Å². The normalized spacial score (nSPS) is 14.7. The van der Waals surface area contributed by atoms with Crippen molar-refractivity contribution in [3.05, 3.63) is 30.1 Å². The minimum Gasteiger partial charge on any atom is -0.466 e. The van der Waals surface area contributed by atoms with Gasteiger partial charge in [0.15, 0.2) is 0 Å². The van der Waals surface area contributed by atoms with Crippen LogP contribution in [0.3, 0.4) is 0 Å². The van der Waals surface area contributed by atoms with E-state index in [1.807, 2.05) is 0 Å². The first kappa shape index (κ1) is 9.64. The zero-order valence-corrected chi connectivity index (χ0v) is 7.45. The molecule has 1 atom stereocenters. The molecular weight excluding hydrogens is 173 g/mol. The van der Waals surface area contributed by atoms with Crippen molar-refractivity contribution in [1.29, 1.82) is 0 Å². The van der Waals surface area contributed by atoms with Crippen molar-refractivity contribution in [3.8, 4) is 0 Å². The van der Waals surface area contributed by atoms with Crippen molar-refractivity contribution < 1.29 is 13.9 Å². The molecule has 1 aromatic heterocycles. The van der Waals surface area contributed by atoms with E-state index in [2.05, 4.69) is 9.72 Å². The number of alkyl halides is 1. The first-order valence-electron chi connectivity index (χ1n) is 3.78. The first-order valence-corrected chi connectivity index (χ1v) is 3.78. The second-order valence-electron chi connectivity index (χ2n) is 2.71. The number of halogens is 1. The van der Waals surface area contributed by atoms with Gasteiger partial charge in [-0.2, -0.15) is 0 Å². The molecule has 0 radical (unpaired) electrons. The summed E-state index contributed by atoms with van der Waals surface area (Å²) in [6.45, 7) is 1.13. The fourth-order valence-corrected chi connectivity index (χ4v) is 0.937. The molecule has 1 rings (SSSR count). The molecule has 0 fully saturated rings. The second kappa shape index (κ2) is 3.51. The highest BCUT2D eigenvalue weighted by molar-refractivity contribution is 5.79. The molecule has 0 aromatic carbocycles. The number of carbonyl (C=O) groups is 1. The van der Waals surface area contributed by atoms with E-state index >= 15 is 0 Å². The van der Waals surface area contributed by atoms with Crippen LogP contribution in [-0.4, -0.2) is 18.1 Å². The standard InChI is InChI=1S/C9H10FNO2/c1-9(10,8(12)13-2)7-5-3-4-6-11-7/h3-6H,1-2H3/t9-/m0/s1. The van der Waals surface area contributed by atoms with Crippen molar-refractivity contribution >= 4 is 5.97 Å². The van der Waals surface area contributed by atoms with E-state index in [-0.39, 0.29) is 5.69 Å². The molecule has 1 aromatic rings. The van der Waals surface area contributed by atoms with Crippen molar-refractivity contribution in [2.75, 3.05) is 7.11 Å². The molecule has 1 heterocycles. The SMILES string of the molecule is COC(=O)[C@@](C)(F)c1ccccn1. The fourth-order valence-electron chi connectivity index (χ4n) is 0.937. The van der Waals surface area contributed by atoms with Gasteiger partial charge in [0, 0.05) is 6.20 Å². The average Bonchev–Trinajstić information content (AvgIpc) is 2.18. The van der Waals surface area contributed by atoms with Crippen molar-refractivity contribution in [2.45, 2.75) is 12.6 Å². The lowest BCUT2D eigenvalue weighted by atomic mass is 10.0. The highest BCUT2D eigenvalue weighted by Gasteiger charge is 2.37. The molecule has 13 heavy (non-hydrogen) atoms. The Morgan fingerprint density at radius 1 is 1.62 bits per heavy atom. The van der Waals surface area contributed by atoms with Gasteiger partial charge in [-0.3, -0.25) is 4.98 Å². The number of carbonyl (C=O) groups excluding carboxylic acids is 1. The molecule has 0 aliphatic heterocycles. The van der Waals surface area contributed by atoms with Crippen LogP contribution in [0.4, 0.5) is 4.39 Å². The molecule has 0 bridgehead atoms. The summed E-state index contributed by atoms with van der Waals surface area (Å²) in [5.74, 6) is -0.939. The number of rotatable bonds is 2. The van der Waals surface area contributed by atoms with Crippen LogP contribution in [0.25, 0.3) is 0 Å². The quantitative estimate of drug-likeness (QED) is 0.651. The van der Waals surface area contributed by atoms with E-state index in [0.29, 0.717) is 0 Å². The van der Waals surface area contributed by atoms with Crippen LogP contribution in [-0.2, 0) is 15.2 Å². The number of esters is 1. The van der Waals surface area contributed by atoms with Gasteiger partial charge >= 0.3 is 5.97 Å². The van der Waals surface area contributed by atoms with Crippen LogP contribution in [0.2, 0.25) is 0 Å². The number of nitrogens with zero attached hydrogens (tertiary/aromatic N) is 1. The number of ether oxygens (including phenoxy) is 1. The molecule has 3 nitrogen and oxygen atoms in total. The number of pyridine rings is 1. The van der Waals surface area contributed by atoms with E-state index in [0.717, 1.165) is 14.0 Å². The van der Waals surface area contributed by atoms with E-state index in [4.69, 9.17) is 0 Å². The van der Waals surface area contributed by atoms with Gasteiger partial charge in [0.1, 0.15) is 0 Å². The summed E-state index contributed by atoms with van der Waals surface area (Å²) in [6.07, 6.45) is 1.43. The molecule has 0 saturated carbocycles. The number of aromatic nitrogens is 1. The largest absolute Gasteiger partial charge is 0.466 e. The van der Waals surface area contributed by atoms with Crippen LogP contribution >= 0.6 is 0 Å². The third-order valence-electron chi connectivity index (χ3n) is 1.71. The Bertz CT molecular complexity index is 298. The smallest absolute Gasteiger partial charge is 0.349 e. The second-order valence-corrected chi connectivity index (χ2v) is 2.71. The molecular formula is C9H10FNO2. The lowest BCUT2D eigenvalue weighted by Crippen LogP contribution is -2.29. The zero-order chi connectivity index (χ0) is 9.90. The van der Waals surface area contributed by atoms with Crippen molar-refractivity contribution in [2.24, 2.45) is 0 Å². The van der Waals surface area contributed by atoms with Gasteiger partial charge in [-0.15, -0.1) is 0 Å². The van der Waals surface area contributed by atoms with Gasteiger partial charge in [-0.05, 0) is 19.1 Å². The number of hydrogen-bond acceptors (Lipinski definition) is 3. The fraction of sp³-hybridized carbons (Fsp3) is 0.333. The van der Waals surface area contributed by atoms with Crippen LogP contribution in [0.1, 0.15) is 12.6 Å². The summed E-state index contributed by atoms with van der Waals surface area (Å²) in [6, 6.07) is 4.71. The molecule has 0 unspecified atom stereocenters. The van der Waals surface area contributed by atoms with E-state index in [9.17, 15) is 9.18 Å². The average molecular weight is 183 g/mol. The Morgan fingerprint density at radius 2 is 2.31 bits per heavy atom. The van der Waals surface area contributed by atoms with E-state index < -0.39 is 11.6 Å². The molecule has 0 aliphatic carbocycles. The molecule has 0 amide bonds. The Labute approximate surface area is 75.6 Å². The summed E-state index contributed by atoms with van der Waals surface area (Å²) >= 11 is 0. The molecule has 0 spiro atoms. The molecule has 0 saturated heterocycles. The zero-order valence-electron chi connectivity index (χ0n) is 7.45. The summed E-state index contributed by atoms with van der Waals surface area (Å²) in [5.41, 5.74) is -2.11. The summed E-state index contributed by atoms with van der Waals surface area (Å²) in [4.78, 5) is 14.7. The summed E-state index contributed by atoms with van der Waals surface area (Å²) in [7, 11) is 1.14. The van der Waals surface area contributed by atoms with Crippen molar-refractivity contribution in [3.63, 3.8) is 0 Å². The highest BCUT2D eigenvalue weighted by Crippen LogP contribution is 2.24. The molecule has 0 aliphatic rings. The van der Waals surface area contributed by atoms with Crippen LogP contribution < -0.4 is 0 Å². The molecule has 0 N–H and O–H groups in total. The monoisotopic (exact) mass is 183 g/mol. The Balaban J connectivity index is 3.00. The minimum absolute atomic E-state index is 0.0573. The van der Waals surface area contributed by atoms with Gasteiger partial charge < -0.3 is 4.74 Å². The Morgan fingerprint density at radius 3 is 2.77 bits per heavy atom. The lowest BCUT2D eigenvalue weighted by Gasteiger charge is -2.15. The maximum absolute atomic E-state index is 13.7.